The van der Waals surface area contributed by atoms with Gasteiger partial charge in [-0.15, -0.1) is 0 Å². The van der Waals surface area contributed by atoms with Crippen molar-refractivity contribution in [3.63, 3.8) is 0 Å². The molecule has 1 aliphatic rings. The molecule has 19 heavy (non-hydrogen) atoms. The molecule has 2 N–H and O–H groups in total. The average Bonchev–Trinajstić information content (AvgIpc) is 2.83. The Labute approximate surface area is 119 Å². The number of carboxylic acids is 1. The molecule has 0 aromatic heterocycles. The van der Waals surface area contributed by atoms with Gasteiger partial charge < -0.3 is 15.3 Å². The highest BCUT2D eigenvalue weighted by Gasteiger charge is 2.32. The molecule has 1 rings (SSSR count). The van der Waals surface area contributed by atoms with Crippen LogP contribution < -0.4 is 5.32 Å². The zero-order valence-corrected chi connectivity index (χ0v) is 12.7. The summed E-state index contributed by atoms with van der Waals surface area (Å²) in [6, 6.07) is -0.784. The molecule has 2 amide bonds. The Hall–Kier alpha value is -0.910. The van der Waals surface area contributed by atoms with Crippen LogP contribution in [0.25, 0.3) is 0 Å². The Morgan fingerprint density at radius 3 is 2.68 bits per heavy atom. The summed E-state index contributed by atoms with van der Waals surface area (Å²) in [5.74, 6) is 0.177. The summed E-state index contributed by atoms with van der Waals surface area (Å²) in [6.07, 6.45) is 4.39. The van der Waals surface area contributed by atoms with Crippen LogP contribution in [-0.2, 0) is 4.79 Å². The molecule has 0 spiro atoms. The molecule has 5 nitrogen and oxygen atoms in total. The van der Waals surface area contributed by atoms with E-state index >= 15 is 0 Å². The average molecular weight is 288 g/mol. The monoisotopic (exact) mass is 288 g/mol. The van der Waals surface area contributed by atoms with Crippen molar-refractivity contribution in [3.8, 4) is 0 Å². The fourth-order valence-corrected chi connectivity index (χ4v) is 2.93. The SMILES string of the molecule is CSCCC(NC(=O)N1CCCC1C(C)C)C(=O)O. The van der Waals surface area contributed by atoms with E-state index in [4.69, 9.17) is 5.11 Å². The highest BCUT2D eigenvalue weighted by molar-refractivity contribution is 7.98. The van der Waals surface area contributed by atoms with Crippen molar-refractivity contribution in [2.24, 2.45) is 5.92 Å². The van der Waals surface area contributed by atoms with Gasteiger partial charge >= 0.3 is 12.0 Å². The smallest absolute Gasteiger partial charge is 0.326 e. The van der Waals surface area contributed by atoms with Gasteiger partial charge in [-0.1, -0.05) is 13.8 Å². The highest BCUT2D eigenvalue weighted by Crippen LogP contribution is 2.23. The van der Waals surface area contributed by atoms with Gasteiger partial charge in [0.2, 0.25) is 0 Å². The molecule has 0 saturated carbocycles. The number of hydrogen-bond acceptors (Lipinski definition) is 3. The first-order valence-corrected chi connectivity index (χ1v) is 8.15. The minimum Gasteiger partial charge on any atom is -0.480 e. The molecule has 0 aliphatic carbocycles. The van der Waals surface area contributed by atoms with Gasteiger partial charge in [0.25, 0.3) is 0 Å². The normalized spacial score (nSPS) is 20.6. The molecule has 1 saturated heterocycles. The number of carbonyl (C=O) groups excluding carboxylic acids is 1. The van der Waals surface area contributed by atoms with E-state index < -0.39 is 12.0 Å². The predicted octanol–water partition coefficient (Wildman–Crippen LogP) is 2.02. The zero-order chi connectivity index (χ0) is 14.4. The number of nitrogens with zero attached hydrogens (tertiary/aromatic N) is 1. The van der Waals surface area contributed by atoms with Crippen LogP contribution in [-0.4, -0.2) is 52.6 Å². The maximum Gasteiger partial charge on any atom is 0.326 e. The van der Waals surface area contributed by atoms with E-state index in [1.54, 1.807) is 16.7 Å². The van der Waals surface area contributed by atoms with Gasteiger partial charge in [0.05, 0.1) is 0 Å². The van der Waals surface area contributed by atoms with Crippen LogP contribution in [0.5, 0.6) is 0 Å². The summed E-state index contributed by atoms with van der Waals surface area (Å²) in [7, 11) is 0. The van der Waals surface area contributed by atoms with Crippen molar-refractivity contribution in [3.05, 3.63) is 0 Å². The number of hydrogen-bond donors (Lipinski definition) is 2. The lowest BCUT2D eigenvalue weighted by Crippen LogP contribution is -2.50. The molecule has 0 aromatic carbocycles. The van der Waals surface area contributed by atoms with Crippen LogP contribution in [0.3, 0.4) is 0 Å². The lowest BCUT2D eigenvalue weighted by atomic mass is 10.0. The van der Waals surface area contributed by atoms with E-state index in [0.717, 1.165) is 25.1 Å². The molecule has 0 aromatic rings. The van der Waals surface area contributed by atoms with Crippen LogP contribution in [0, 0.1) is 5.92 Å². The number of rotatable bonds is 6. The maximum atomic E-state index is 12.2. The fourth-order valence-electron chi connectivity index (χ4n) is 2.46. The van der Waals surface area contributed by atoms with Gasteiger partial charge in [0, 0.05) is 12.6 Å². The third kappa shape index (κ3) is 4.60. The van der Waals surface area contributed by atoms with Gasteiger partial charge in [-0.3, -0.25) is 0 Å². The van der Waals surface area contributed by atoms with Crippen molar-refractivity contribution in [1.29, 1.82) is 0 Å². The molecule has 2 unspecified atom stereocenters. The quantitative estimate of drug-likeness (QED) is 0.784. The van der Waals surface area contributed by atoms with E-state index in [1.807, 2.05) is 6.26 Å². The molecule has 110 valence electrons. The molecule has 1 heterocycles. The number of urea groups is 1. The first-order valence-electron chi connectivity index (χ1n) is 6.76. The Bertz CT molecular complexity index is 323. The summed E-state index contributed by atoms with van der Waals surface area (Å²) in [5.41, 5.74) is 0. The third-order valence-electron chi connectivity index (χ3n) is 3.54. The number of thioether (sulfide) groups is 1. The fraction of sp³-hybridized carbons (Fsp3) is 0.846. The second-order valence-corrected chi connectivity index (χ2v) is 6.25. The Balaban J connectivity index is 2.58. The van der Waals surface area contributed by atoms with Gasteiger partial charge in [-0.05, 0) is 37.2 Å². The summed E-state index contributed by atoms with van der Waals surface area (Å²) in [6.45, 7) is 4.92. The van der Waals surface area contributed by atoms with Crippen LogP contribution in [0.2, 0.25) is 0 Å². The van der Waals surface area contributed by atoms with Crippen molar-refractivity contribution in [2.75, 3.05) is 18.6 Å². The van der Waals surface area contributed by atoms with Gasteiger partial charge in [0.1, 0.15) is 6.04 Å². The van der Waals surface area contributed by atoms with Crippen LogP contribution in [0.1, 0.15) is 33.1 Å². The van der Waals surface area contributed by atoms with E-state index in [0.29, 0.717) is 12.3 Å². The molecule has 2 atom stereocenters. The second kappa shape index (κ2) is 7.62. The maximum absolute atomic E-state index is 12.2. The second-order valence-electron chi connectivity index (χ2n) is 5.27. The Morgan fingerprint density at radius 2 is 2.16 bits per heavy atom. The minimum atomic E-state index is -0.956. The van der Waals surface area contributed by atoms with Crippen molar-refractivity contribution in [1.82, 2.24) is 10.2 Å². The minimum absolute atomic E-state index is 0.231. The van der Waals surface area contributed by atoms with E-state index in [2.05, 4.69) is 19.2 Å². The first-order chi connectivity index (χ1) is 8.97. The Kier molecular flexibility index (Phi) is 6.48. The molecule has 1 fully saturated rings. The van der Waals surface area contributed by atoms with Crippen molar-refractivity contribution < 1.29 is 14.7 Å². The number of carboxylic acid groups (broad SMARTS) is 1. The van der Waals surface area contributed by atoms with E-state index in [-0.39, 0.29) is 12.1 Å². The number of likely N-dealkylation sites (tertiary alicyclic amines) is 1. The molecular weight excluding hydrogens is 264 g/mol. The lowest BCUT2D eigenvalue weighted by Gasteiger charge is -2.29. The van der Waals surface area contributed by atoms with E-state index in [9.17, 15) is 9.59 Å². The standard InChI is InChI=1S/C13H24N2O3S/c1-9(2)11-5-4-7-15(11)13(18)14-10(12(16)17)6-8-19-3/h9-11H,4-8H2,1-3H3,(H,14,18)(H,16,17). The van der Waals surface area contributed by atoms with Gasteiger partial charge in [-0.2, -0.15) is 11.8 Å². The molecule has 1 aliphatic heterocycles. The topological polar surface area (TPSA) is 69.6 Å². The lowest BCUT2D eigenvalue weighted by molar-refractivity contribution is -0.139. The van der Waals surface area contributed by atoms with Crippen molar-refractivity contribution >= 4 is 23.8 Å². The number of nitrogens with one attached hydrogen (secondary N) is 1. The summed E-state index contributed by atoms with van der Waals surface area (Å²) in [5, 5.41) is 11.8. The Morgan fingerprint density at radius 1 is 1.47 bits per heavy atom. The summed E-state index contributed by atoms with van der Waals surface area (Å²) in [4.78, 5) is 25.1. The third-order valence-corrected chi connectivity index (χ3v) is 4.18. The molecule has 0 bridgehead atoms. The molecule has 0 radical (unpaired) electrons. The number of carbonyl (C=O) groups is 2. The van der Waals surface area contributed by atoms with Gasteiger partial charge in [-0.25, -0.2) is 9.59 Å². The number of aliphatic carboxylic acids is 1. The predicted molar refractivity (Wildman–Crippen MR) is 77.5 cm³/mol. The van der Waals surface area contributed by atoms with Gasteiger partial charge in [0.15, 0.2) is 0 Å². The van der Waals surface area contributed by atoms with Crippen LogP contribution >= 0.6 is 11.8 Å². The summed E-state index contributed by atoms with van der Waals surface area (Å²) < 4.78 is 0. The highest BCUT2D eigenvalue weighted by atomic mass is 32.2. The summed E-state index contributed by atoms with van der Waals surface area (Å²) >= 11 is 1.58. The zero-order valence-electron chi connectivity index (χ0n) is 11.9. The van der Waals surface area contributed by atoms with Crippen molar-refractivity contribution in [2.45, 2.75) is 45.2 Å². The van der Waals surface area contributed by atoms with E-state index in [1.165, 1.54) is 0 Å². The van der Waals surface area contributed by atoms with Crippen LogP contribution in [0.15, 0.2) is 0 Å². The van der Waals surface area contributed by atoms with Crippen LogP contribution in [0.4, 0.5) is 4.79 Å². The molecular formula is C13H24N2O3S. The largest absolute Gasteiger partial charge is 0.480 e. The first kappa shape index (κ1) is 16.1. The number of amides is 2. The molecule has 6 heteroatoms.